The molecule has 0 amide bonds. The van der Waals surface area contributed by atoms with Gasteiger partial charge in [-0.3, -0.25) is 0 Å². The van der Waals surface area contributed by atoms with Crippen molar-refractivity contribution in [1.29, 1.82) is 0 Å². The molecule has 0 radical (unpaired) electrons. The number of methoxy groups -OCH3 is 1. The van der Waals surface area contributed by atoms with Gasteiger partial charge in [-0.25, -0.2) is 4.39 Å². The maximum Gasteiger partial charge on any atom is 0.131 e. The first-order valence-corrected chi connectivity index (χ1v) is 4.34. The molecule has 1 aromatic carbocycles. The highest BCUT2D eigenvalue weighted by Gasteiger charge is 2.20. The zero-order valence-corrected chi connectivity index (χ0v) is 8.20. The molecule has 0 saturated heterocycles. The fourth-order valence-corrected chi connectivity index (χ4v) is 1.26. The van der Waals surface area contributed by atoms with Crippen LogP contribution >= 0.6 is 0 Å². The van der Waals surface area contributed by atoms with Crippen LogP contribution in [-0.2, 0) is 0 Å². The Bertz CT molecular complexity index is 315. The van der Waals surface area contributed by atoms with Crippen LogP contribution in [0.25, 0.3) is 0 Å². The summed E-state index contributed by atoms with van der Waals surface area (Å²) >= 11 is 0. The molecule has 3 N–H and O–H groups in total. The van der Waals surface area contributed by atoms with Crippen molar-refractivity contribution in [3.63, 3.8) is 0 Å². The molecule has 0 aliphatic heterocycles. The topological polar surface area (TPSA) is 55.5 Å². The van der Waals surface area contributed by atoms with Crippen molar-refractivity contribution in [3.8, 4) is 5.75 Å². The molecule has 3 nitrogen and oxygen atoms in total. The number of ether oxygens (including phenoxy) is 1. The summed E-state index contributed by atoms with van der Waals surface area (Å²) in [4.78, 5) is 0. The van der Waals surface area contributed by atoms with E-state index in [0.29, 0.717) is 5.75 Å². The van der Waals surface area contributed by atoms with Crippen LogP contribution in [0.4, 0.5) is 4.39 Å². The first kappa shape index (κ1) is 10.9. The molecule has 0 aromatic heterocycles. The van der Waals surface area contributed by atoms with E-state index in [0.717, 1.165) is 0 Å². The lowest BCUT2D eigenvalue weighted by molar-refractivity contribution is 0.160. The number of halogens is 1. The van der Waals surface area contributed by atoms with Gasteiger partial charge in [-0.15, -0.1) is 0 Å². The zero-order chi connectivity index (χ0) is 10.7. The van der Waals surface area contributed by atoms with E-state index in [2.05, 4.69) is 0 Å². The smallest absolute Gasteiger partial charge is 0.131 e. The number of benzene rings is 1. The van der Waals surface area contributed by atoms with Crippen molar-refractivity contribution in [1.82, 2.24) is 0 Å². The van der Waals surface area contributed by atoms with Crippen molar-refractivity contribution in [2.75, 3.05) is 7.11 Å². The van der Waals surface area contributed by atoms with E-state index in [1.54, 1.807) is 6.07 Å². The monoisotopic (exact) mass is 199 g/mol. The van der Waals surface area contributed by atoms with Gasteiger partial charge in [0.2, 0.25) is 0 Å². The highest BCUT2D eigenvalue weighted by Crippen LogP contribution is 2.28. The second-order valence-electron chi connectivity index (χ2n) is 3.12. The van der Waals surface area contributed by atoms with Gasteiger partial charge in [0.05, 0.1) is 19.3 Å². The Morgan fingerprint density at radius 2 is 2.14 bits per heavy atom. The summed E-state index contributed by atoms with van der Waals surface area (Å²) in [6.07, 6.45) is -0.819. The fourth-order valence-electron chi connectivity index (χ4n) is 1.26. The minimum atomic E-state index is -0.819. The molecule has 0 saturated carbocycles. The molecule has 4 heteroatoms. The van der Waals surface area contributed by atoms with E-state index in [9.17, 15) is 9.50 Å². The number of hydrogen-bond donors (Lipinski definition) is 2. The molecule has 2 atom stereocenters. The van der Waals surface area contributed by atoms with Gasteiger partial charge < -0.3 is 15.6 Å². The molecule has 0 aliphatic carbocycles. The van der Waals surface area contributed by atoms with Gasteiger partial charge in [-0.2, -0.15) is 0 Å². The van der Waals surface area contributed by atoms with Gasteiger partial charge in [0, 0.05) is 5.56 Å². The summed E-state index contributed by atoms with van der Waals surface area (Å²) in [7, 11) is 1.44. The molecule has 0 fully saturated rings. The normalized spacial score (nSPS) is 14.9. The largest absolute Gasteiger partial charge is 0.496 e. The van der Waals surface area contributed by atoms with Crippen LogP contribution in [0.3, 0.4) is 0 Å². The lowest BCUT2D eigenvalue weighted by atomic mass is 10.0. The Balaban J connectivity index is 3.16. The van der Waals surface area contributed by atoms with E-state index < -0.39 is 18.0 Å². The molecule has 0 heterocycles. The second kappa shape index (κ2) is 4.39. The molecule has 0 spiro atoms. The molecule has 78 valence electrons. The molecule has 0 bridgehead atoms. The molecule has 0 aliphatic rings. The van der Waals surface area contributed by atoms with E-state index in [1.807, 2.05) is 0 Å². The molecule has 0 unspecified atom stereocenters. The Labute approximate surface area is 82.3 Å². The number of rotatable bonds is 3. The van der Waals surface area contributed by atoms with Crippen molar-refractivity contribution >= 4 is 0 Å². The third-order valence-electron chi connectivity index (χ3n) is 2.09. The van der Waals surface area contributed by atoms with Gasteiger partial charge in [0.1, 0.15) is 11.6 Å². The van der Waals surface area contributed by atoms with Crippen LogP contribution in [0, 0.1) is 5.82 Å². The Morgan fingerprint density at radius 3 is 2.64 bits per heavy atom. The van der Waals surface area contributed by atoms with Gasteiger partial charge in [-0.1, -0.05) is 6.07 Å². The van der Waals surface area contributed by atoms with Crippen molar-refractivity contribution < 1.29 is 14.2 Å². The van der Waals surface area contributed by atoms with Gasteiger partial charge in [0.25, 0.3) is 0 Å². The van der Waals surface area contributed by atoms with Gasteiger partial charge in [0.15, 0.2) is 0 Å². The number of aliphatic hydroxyl groups excluding tert-OH is 1. The van der Waals surface area contributed by atoms with Crippen LogP contribution in [0.2, 0.25) is 0 Å². The standard InChI is InChI=1S/C10H14FNO2/c1-6(13)10(12)9-7(11)4-3-5-8(9)14-2/h3-6,10,13H,12H2,1-2H3/t6-,10+/m0/s1. The molecule has 1 aromatic rings. The predicted octanol–water partition coefficient (Wildman–Crippen LogP) is 1.21. The summed E-state index contributed by atoms with van der Waals surface area (Å²) < 4.78 is 18.3. The predicted molar refractivity (Wildman–Crippen MR) is 51.6 cm³/mol. The molecular formula is C10H14FNO2. The highest BCUT2D eigenvalue weighted by molar-refractivity contribution is 5.37. The number of aliphatic hydroxyl groups is 1. The van der Waals surface area contributed by atoms with Gasteiger partial charge in [-0.05, 0) is 19.1 Å². The minimum absolute atomic E-state index is 0.213. The summed E-state index contributed by atoms with van der Waals surface area (Å²) in [5.74, 6) is -0.101. The maximum atomic E-state index is 13.4. The van der Waals surface area contributed by atoms with Crippen molar-refractivity contribution in [3.05, 3.63) is 29.6 Å². The minimum Gasteiger partial charge on any atom is -0.496 e. The first-order valence-electron chi connectivity index (χ1n) is 4.34. The Kier molecular flexibility index (Phi) is 3.43. The molecule has 1 rings (SSSR count). The van der Waals surface area contributed by atoms with Crippen LogP contribution in [0.15, 0.2) is 18.2 Å². The quantitative estimate of drug-likeness (QED) is 0.769. The van der Waals surface area contributed by atoms with Crippen LogP contribution in [0.5, 0.6) is 5.75 Å². The van der Waals surface area contributed by atoms with Crippen LogP contribution in [0.1, 0.15) is 18.5 Å². The Hall–Kier alpha value is -1.13. The van der Waals surface area contributed by atoms with E-state index in [1.165, 1.54) is 26.2 Å². The summed E-state index contributed by atoms with van der Waals surface area (Å²) in [6, 6.07) is 3.67. The Morgan fingerprint density at radius 1 is 1.50 bits per heavy atom. The average Bonchev–Trinajstić information content (AvgIpc) is 2.16. The summed E-state index contributed by atoms with van der Waals surface area (Å²) in [5.41, 5.74) is 5.86. The van der Waals surface area contributed by atoms with Crippen molar-refractivity contribution in [2.24, 2.45) is 5.73 Å². The maximum absolute atomic E-state index is 13.4. The van der Waals surface area contributed by atoms with E-state index in [-0.39, 0.29) is 5.56 Å². The summed E-state index contributed by atoms with van der Waals surface area (Å²) in [6.45, 7) is 1.51. The molecular weight excluding hydrogens is 185 g/mol. The number of nitrogens with two attached hydrogens (primary N) is 1. The second-order valence-corrected chi connectivity index (χ2v) is 3.12. The summed E-state index contributed by atoms with van der Waals surface area (Å²) in [5, 5.41) is 9.27. The molecule has 14 heavy (non-hydrogen) atoms. The third-order valence-corrected chi connectivity index (χ3v) is 2.09. The van der Waals surface area contributed by atoms with Gasteiger partial charge >= 0.3 is 0 Å². The van der Waals surface area contributed by atoms with E-state index in [4.69, 9.17) is 10.5 Å². The van der Waals surface area contributed by atoms with E-state index >= 15 is 0 Å². The average molecular weight is 199 g/mol. The van der Waals surface area contributed by atoms with Crippen LogP contribution < -0.4 is 10.5 Å². The third kappa shape index (κ3) is 2.02. The number of hydrogen-bond acceptors (Lipinski definition) is 3. The fraction of sp³-hybridized carbons (Fsp3) is 0.400. The van der Waals surface area contributed by atoms with Crippen LogP contribution in [-0.4, -0.2) is 18.3 Å². The zero-order valence-electron chi connectivity index (χ0n) is 8.20. The SMILES string of the molecule is COc1cccc(F)c1[C@H](N)[C@H](C)O. The lowest BCUT2D eigenvalue weighted by Gasteiger charge is -2.18. The van der Waals surface area contributed by atoms with Crippen molar-refractivity contribution in [2.45, 2.75) is 19.1 Å². The lowest BCUT2D eigenvalue weighted by Crippen LogP contribution is -2.24. The first-order chi connectivity index (χ1) is 6.57. The highest BCUT2D eigenvalue weighted by atomic mass is 19.1.